The highest BCUT2D eigenvalue weighted by atomic mass is 16.6. The molecule has 1 spiro atoms. The van der Waals surface area contributed by atoms with Crippen molar-refractivity contribution >= 4 is 17.5 Å². The molecule has 0 aromatic heterocycles. The van der Waals surface area contributed by atoms with E-state index in [1.165, 1.54) is 12.1 Å². The van der Waals surface area contributed by atoms with Gasteiger partial charge >= 0.3 is 0 Å². The van der Waals surface area contributed by atoms with Crippen molar-refractivity contribution in [1.29, 1.82) is 0 Å². The number of nitro groups is 1. The minimum atomic E-state index is -0.867. The summed E-state index contributed by atoms with van der Waals surface area (Å²) in [7, 11) is 1.63. The first-order chi connectivity index (χ1) is 13.3. The van der Waals surface area contributed by atoms with Gasteiger partial charge in [-0.2, -0.15) is 0 Å². The molecule has 7 heteroatoms. The van der Waals surface area contributed by atoms with Crippen LogP contribution in [0.2, 0.25) is 0 Å². The number of methoxy groups -OCH3 is 1. The maximum absolute atomic E-state index is 11.1. The molecule has 0 radical (unpaired) electrons. The van der Waals surface area contributed by atoms with Gasteiger partial charge in [0.15, 0.2) is 0 Å². The summed E-state index contributed by atoms with van der Waals surface area (Å²) >= 11 is 0. The Hall–Kier alpha value is -3.06. The summed E-state index contributed by atoms with van der Waals surface area (Å²) in [6, 6.07) is 10.4. The second kappa shape index (κ2) is 6.24. The quantitative estimate of drug-likeness (QED) is 0.644. The van der Waals surface area contributed by atoms with E-state index < -0.39 is 16.1 Å². The van der Waals surface area contributed by atoms with Gasteiger partial charge in [0.05, 0.1) is 24.1 Å². The van der Waals surface area contributed by atoms with Gasteiger partial charge in [-0.05, 0) is 55.8 Å². The first-order valence-corrected chi connectivity index (χ1v) is 9.08. The van der Waals surface area contributed by atoms with Crippen LogP contribution in [0.15, 0.2) is 42.5 Å². The minimum absolute atomic E-state index is 0.0221. The molecule has 1 unspecified atom stereocenters. The first-order valence-electron chi connectivity index (χ1n) is 9.08. The summed E-state index contributed by atoms with van der Waals surface area (Å²) in [6.45, 7) is 4.52. The van der Waals surface area contributed by atoms with E-state index >= 15 is 0 Å². The molecule has 0 aliphatic carbocycles. The normalized spacial score (nSPS) is 21.2. The molecule has 1 atom stereocenters. The van der Waals surface area contributed by atoms with E-state index in [9.17, 15) is 15.2 Å². The summed E-state index contributed by atoms with van der Waals surface area (Å²) < 4.78 is 11.9. The lowest BCUT2D eigenvalue weighted by molar-refractivity contribution is -0.384. The Balaban J connectivity index is 1.86. The van der Waals surface area contributed by atoms with E-state index in [0.717, 1.165) is 17.0 Å². The van der Waals surface area contributed by atoms with E-state index in [1.54, 1.807) is 13.2 Å². The molecule has 7 nitrogen and oxygen atoms in total. The van der Waals surface area contributed by atoms with Crippen LogP contribution in [0, 0.1) is 10.1 Å². The molecule has 0 amide bonds. The molecular formula is C21H22N2O5. The van der Waals surface area contributed by atoms with Gasteiger partial charge in [0.25, 0.3) is 5.69 Å². The SMILES string of the molecule is COc1ccc2c(c1)C(C)(C)C1(C=Cc3cc([N+](=O)[O-])ccc3O1)N2CCO. The summed E-state index contributed by atoms with van der Waals surface area (Å²) in [5, 5.41) is 20.8. The van der Waals surface area contributed by atoms with Gasteiger partial charge in [-0.3, -0.25) is 10.1 Å². The molecule has 0 bridgehead atoms. The van der Waals surface area contributed by atoms with E-state index in [4.69, 9.17) is 9.47 Å². The van der Waals surface area contributed by atoms with Crippen molar-refractivity contribution in [3.8, 4) is 11.5 Å². The van der Waals surface area contributed by atoms with Crippen molar-refractivity contribution in [2.45, 2.75) is 25.0 Å². The predicted octanol–water partition coefficient (Wildman–Crippen LogP) is 3.50. The number of β-amino-alcohol motifs (C(OH)–C–C–N with tert-alkyl or cyclic N) is 1. The van der Waals surface area contributed by atoms with E-state index in [2.05, 4.69) is 13.8 Å². The number of nitro benzene ring substituents is 1. The Morgan fingerprint density at radius 3 is 2.71 bits per heavy atom. The van der Waals surface area contributed by atoms with Gasteiger partial charge in [0.2, 0.25) is 5.72 Å². The number of hydrogen-bond donors (Lipinski definition) is 1. The van der Waals surface area contributed by atoms with E-state index in [0.29, 0.717) is 17.9 Å². The molecule has 2 heterocycles. The number of non-ortho nitro benzene ring substituents is 1. The highest BCUT2D eigenvalue weighted by Crippen LogP contribution is 2.55. The number of hydrogen-bond acceptors (Lipinski definition) is 6. The fourth-order valence-electron chi connectivity index (χ4n) is 4.23. The molecule has 1 N–H and O–H groups in total. The zero-order chi connectivity index (χ0) is 20.1. The maximum atomic E-state index is 11.1. The lowest BCUT2D eigenvalue weighted by Crippen LogP contribution is -2.60. The molecule has 0 fully saturated rings. The Labute approximate surface area is 163 Å². The highest BCUT2D eigenvalue weighted by molar-refractivity contribution is 5.74. The van der Waals surface area contributed by atoms with Crippen molar-refractivity contribution in [2.24, 2.45) is 0 Å². The number of nitrogens with zero attached hydrogens (tertiary/aromatic N) is 2. The number of ether oxygens (including phenoxy) is 2. The number of fused-ring (bicyclic) bond motifs is 2. The standard InChI is InChI=1S/C21H22N2O5/c1-20(2)17-13-16(27-3)5-6-18(17)22(10-11-24)21(20)9-8-14-12-15(23(25)26)4-7-19(14)28-21/h4-9,12-13,24H,10-11H2,1-3H3. The zero-order valence-electron chi connectivity index (χ0n) is 16.0. The van der Waals surface area contributed by atoms with Gasteiger partial charge in [-0.1, -0.05) is 0 Å². The fraction of sp³-hybridized carbons (Fsp3) is 0.333. The zero-order valence-corrected chi connectivity index (χ0v) is 16.0. The number of aliphatic hydroxyl groups excluding tert-OH is 1. The van der Waals surface area contributed by atoms with E-state index in [1.807, 2.05) is 35.3 Å². The molecule has 2 aromatic carbocycles. The Morgan fingerprint density at radius 2 is 2.04 bits per heavy atom. The van der Waals surface area contributed by atoms with Crippen molar-refractivity contribution in [3.05, 3.63) is 63.7 Å². The van der Waals surface area contributed by atoms with Gasteiger partial charge in [-0.15, -0.1) is 0 Å². The van der Waals surface area contributed by atoms with Gasteiger partial charge < -0.3 is 19.5 Å². The second-order valence-electron chi connectivity index (χ2n) is 7.49. The highest BCUT2D eigenvalue weighted by Gasteiger charge is 2.58. The molecule has 4 rings (SSSR count). The molecular weight excluding hydrogens is 360 g/mol. The Morgan fingerprint density at radius 1 is 1.25 bits per heavy atom. The van der Waals surface area contributed by atoms with Crippen LogP contribution < -0.4 is 14.4 Å². The molecule has 2 aliphatic heterocycles. The van der Waals surface area contributed by atoms with E-state index in [-0.39, 0.29) is 12.3 Å². The van der Waals surface area contributed by atoms with Crippen molar-refractivity contribution in [3.63, 3.8) is 0 Å². The van der Waals surface area contributed by atoms with Crippen molar-refractivity contribution in [2.75, 3.05) is 25.2 Å². The molecule has 2 aliphatic rings. The maximum Gasteiger partial charge on any atom is 0.270 e. The van der Waals surface area contributed by atoms with Crippen molar-refractivity contribution in [1.82, 2.24) is 0 Å². The lowest BCUT2D eigenvalue weighted by Gasteiger charge is -2.47. The number of anilines is 1. The molecule has 28 heavy (non-hydrogen) atoms. The third-order valence-corrected chi connectivity index (χ3v) is 5.75. The third-order valence-electron chi connectivity index (χ3n) is 5.75. The van der Waals surface area contributed by atoms with Gasteiger partial charge in [0, 0.05) is 29.9 Å². The second-order valence-corrected chi connectivity index (χ2v) is 7.49. The van der Waals surface area contributed by atoms with Crippen LogP contribution in [-0.2, 0) is 5.41 Å². The lowest BCUT2D eigenvalue weighted by atomic mass is 9.76. The summed E-state index contributed by atoms with van der Waals surface area (Å²) in [5.74, 6) is 1.33. The summed E-state index contributed by atoms with van der Waals surface area (Å²) in [4.78, 5) is 12.7. The van der Waals surface area contributed by atoms with Crippen LogP contribution in [0.5, 0.6) is 11.5 Å². The number of benzene rings is 2. The Kier molecular flexibility index (Phi) is 4.08. The van der Waals surface area contributed by atoms with Gasteiger partial charge in [-0.25, -0.2) is 0 Å². The van der Waals surface area contributed by atoms with Crippen LogP contribution in [0.4, 0.5) is 11.4 Å². The first kappa shape index (κ1) is 18.3. The molecule has 146 valence electrons. The third kappa shape index (κ3) is 2.39. The average Bonchev–Trinajstić information content (AvgIpc) is 2.86. The topological polar surface area (TPSA) is 85.1 Å². The van der Waals surface area contributed by atoms with Crippen LogP contribution in [-0.4, -0.2) is 36.0 Å². The largest absolute Gasteiger partial charge is 0.497 e. The van der Waals surface area contributed by atoms with Crippen molar-refractivity contribution < 1.29 is 19.5 Å². The summed E-state index contributed by atoms with van der Waals surface area (Å²) in [5.41, 5.74) is 1.36. The minimum Gasteiger partial charge on any atom is -0.497 e. The Bertz CT molecular complexity index is 985. The summed E-state index contributed by atoms with van der Waals surface area (Å²) in [6.07, 6.45) is 3.79. The number of rotatable bonds is 4. The fourth-order valence-corrected chi connectivity index (χ4v) is 4.23. The van der Waals surface area contributed by atoms with Crippen LogP contribution in [0.25, 0.3) is 6.08 Å². The average molecular weight is 382 g/mol. The van der Waals surface area contributed by atoms with Crippen LogP contribution in [0.3, 0.4) is 0 Å². The predicted molar refractivity (Wildman–Crippen MR) is 106 cm³/mol. The molecule has 0 saturated carbocycles. The van der Waals surface area contributed by atoms with Crippen LogP contribution in [0.1, 0.15) is 25.0 Å². The molecule has 0 saturated heterocycles. The smallest absolute Gasteiger partial charge is 0.270 e. The van der Waals surface area contributed by atoms with Crippen LogP contribution >= 0.6 is 0 Å². The van der Waals surface area contributed by atoms with Gasteiger partial charge in [0.1, 0.15) is 11.5 Å². The molecule has 2 aromatic rings. The number of aliphatic hydroxyl groups is 1. The monoisotopic (exact) mass is 382 g/mol.